The second kappa shape index (κ2) is 7.48. The first-order valence-electron chi connectivity index (χ1n) is 11.2. The van der Waals surface area contributed by atoms with Gasteiger partial charge in [0, 0.05) is 75.2 Å². The van der Waals surface area contributed by atoms with Gasteiger partial charge in [-0.2, -0.15) is 10.2 Å². The number of hydrogen-bond donors (Lipinski definition) is 2. The fourth-order valence-corrected chi connectivity index (χ4v) is 5.35. The predicted octanol–water partition coefficient (Wildman–Crippen LogP) is 2.38. The van der Waals surface area contributed by atoms with Crippen molar-refractivity contribution >= 4 is 39.1 Å². The molecular weight excluding hydrogens is 418 g/mol. The highest BCUT2D eigenvalue weighted by Crippen LogP contribution is 2.36. The molecule has 2 aromatic heterocycles. The van der Waals surface area contributed by atoms with E-state index in [0.29, 0.717) is 34.4 Å². The molecule has 9 nitrogen and oxygen atoms in total. The molecule has 33 heavy (non-hydrogen) atoms. The Labute approximate surface area is 191 Å². The number of anilines is 2. The molecule has 0 bridgehead atoms. The number of aryl methyl sites for hydroxylation is 2. The minimum atomic E-state index is -0.214. The summed E-state index contributed by atoms with van der Waals surface area (Å²) in [6, 6.07) is 7.68. The van der Waals surface area contributed by atoms with Crippen LogP contribution in [-0.4, -0.2) is 58.8 Å². The molecule has 2 aliphatic rings. The molecule has 4 heterocycles. The Bertz CT molecular complexity index is 1380. The van der Waals surface area contributed by atoms with Crippen molar-refractivity contribution in [2.24, 2.45) is 25.9 Å². The number of fused-ring (bicyclic) bond motifs is 3. The number of benzene rings is 2. The summed E-state index contributed by atoms with van der Waals surface area (Å²) < 4.78 is 9.05. The van der Waals surface area contributed by atoms with Crippen LogP contribution in [0.4, 0.5) is 11.4 Å². The molecule has 0 aliphatic carbocycles. The Morgan fingerprint density at radius 3 is 2.61 bits per heavy atom. The number of carbonyl (C=O) groups is 1. The maximum absolute atomic E-state index is 13.4. The summed E-state index contributed by atoms with van der Waals surface area (Å²) in [5.74, 6) is 1.74. The predicted molar refractivity (Wildman–Crippen MR) is 128 cm³/mol. The van der Waals surface area contributed by atoms with Gasteiger partial charge in [-0.3, -0.25) is 14.2 Å². The molecule has 2 N–H and O–H groups in total. The molecule has 1 amide bonds. The Morgan fingerprint density at radius 2 is 1.85 bits per heavy atom. The average molecular weight is 446 g/mol. The van der Waals surface area contributed by atoms with Crippen LogP contribution < -0.4 is 20.3 Å². The smallest absolute Gasteiger partial charge is 0.258 e. The van der Waals surface area contributed by atoms with E-state index in [4.69, 9.17) is 4.74 Å². The molecule has 2 saturated heterocycles. The number of rotatable bonds is 4. The van der Waals surface area contributed by atoms with Crippen LogP contribution in [-0.2, 0) is 14.1 Å². The van der Waals surface area contributed by atoms with Crippen LogP contribution in [0.1, 0.15) is 10.4 Å². The maximum atomic E-state index is 13.4. The van der Waals surface area contributed by atoms with Gasteiger partial charge in [0.05, 0.1) is 23.9 Å². The van der Waals surface area contributed by atoms with Crippen molar-refractivity contribution in [3.63, 3.8) is 0 Å². The highest BCUT2D eigenvalue weighted by atomic mass is 16.5. The molecule has 2 atom stereocenters. The standard InChI is InChI=1S/C24H27N7O2/c1-29-10-14-6-20(22(33-3)7-19(14)27-29)26-24(32)17-4-5-21(18-13-30(2)28-23(17)18)31-11-15-8-25-9-16(15)12-31/h4-7,10,13,15-16,25H,8-9,11-12H2,1-3H3,(H,26,32). The van der Waals surface area contributed by atoms with Crippen LogP contribution in [0.25, 0.3) is 21.8 Å². The van der Waals surface area contributed by atoms with Crippen LogP contribution >= 0.6 is 0 Å². The monoisotopic (exact) mass is 445 g/mol. The second-order valence-corrected chi connectivity index (χ2v) is 9.15. The van der Waals surface area contributed by atoms with E-state index in [1.54, 1.807) is 16.5 Å². The largest absolute Gasteiger partial charge is 0.494 e. The van der Waals surface area contributed by atoms with Crippen molar-refractivity contribution in [2.45, 2.75) is 0 Å². The van der Waals surface area contributed by atoms with Gasteiger partial charge in [-0.15, -0.1) is 0 Å². The summed E-state index contributed by atoms with van der Waals surface area (Å²) in [5, 5.41) is 17.5. The fourth-order valence-electron chi connectivity index (χ4n) is 5.35. The quantitative estimate of drug-likeness (QED) is 0.501. The SMILES string of the molecule is COc1cc2nn(C)cc2cc1NC(=O)c1ccc(N2CC3CNCC3C2)c2cn(C)nc12. The van der Waals surface area contributed by atoms with Crippen LogP contribution in [0.15, 0.2) is 36.7 Å². The first-order valence-corrected chi connectivity index (χ1v) is 11.2. The molecule has 0 saturated carbocycles. The Hall–Kier alpha value is -3.59. The lowest BCUT2D eigenvalue weighted by atomic mass is 10.0. The minimum Gasteiger partial charge on any atom is -0.494 e. The summed E-state index contributed by atoms with van der Waals surface area (Å²) in [5.41, 5.74) is 3.83. The van der Waals surface area contributed by atoms with E-state index in [0.717, 1.165) is 48.2 Å². The first kappa shape index (κ1) is 20.0. The lowest BCUT2D eigenvalue weighted by molar-refractivity contribution is 0.102. The maximum Gasteiger partial charge on any atom is 0.258 e. The third kappa shape index (κ3) is 3.31. The van der Waals surface area contributed by atoms with E-state index in [9.17, 15) is 4.79 Å². The van der Waals surface area contributed by atoms with Gasteiger partial charge in [0.1, 0.15) is 11.3 Å². The molecule has 9 heteroatoms. The molecule has 2 aromatic carbocycles. The van der Waals surface area contributed by atoms with E-state index >= 15 is 0 Å². The van der Waals surface area contributed by atoms with Gasteiger partial charge in [0.25, 0.3) is 5.91 Å². The molecule has 6 rings (SSSR count). The first-order chi connectivity index (χ1) is 16.0. The zero-order valence-electron chi connectivity index (χ0n) is 19.0. The van der Waals surface area contributed by atoms with Crippen molar-refractivity contribution in [2.75, 3.05) is 43.5 Å². The minimum absolute atomic E-state index is 0.214. The topological polar surface area (TPSA) is 89.2 Å². The normalized spacial score (nSPS) is 20.0. The number of methoxy groups -OCH3 is 1. The zero-order chi connectivity index (χ0) is 22.7. The van der Waals surface area contributed by atoms with Gasteiger partial charge in [0.15, 0.2) is 0 Å². The Morgan fingerprint density at radius 1 is 1.09 bits per heavy atom. The summed E-state index contributed by atoms with van der Waals surface area (Å²) in [6.07, 6.45) is 3.92. The third-order valence-electron chi connectivity index (χ3n) is 6.93. The van der Waals surface area contributed by atoms with Gasteiger partial charge in [-0.05, 0) is 30.0 Å². The summed E-state index contributed by atoms with van der Waals surface area (Å²) in [4.78, 5) is 15.8. The number of nitrogens with zero attached hydrogens (tertiary/aromatic N) is 5. The number of amides is 1. The number of carbonyl (C=O) groups excluding carboxylic acids is 1. The summed E-state index contributed by atoms with van der Waals surface area (Å²) in [6.45, 7) is 4.24. The Kier molecular flexibility index (Phi) is 4.55. The number of hydrogen-bond acceptors (Lipinski definition) is 6. The van der Waals surface area contributed by atoms with Crippen LogP contribution in [0, 0.1) is 11.8 Å². The zero-order valence-corrected chi connectivity index (χ0v) is 19.0. The van der Waals surface area contributed by atoms with E-state index in [-0.39, 0.29) is 5.91 Å². The van der Waals surface area contributed by atoms with Crippen LogP contribution in [0.3, 0.4) is 0 Å². The van der Waals surface area contributed by atoms with Crippen molar-refractivity contribution < 1.29 is 9.53 Å². The molecule has 0 spiro atoms. The fraction of sp³-hybridized carbons (Fsp3) is 0.375. The molecule has 2 aliphatic heterocycles. The molecular formula is C24H27N7O2. The summed E-state index contributed by atoms with van der Waals surface area (Å²) in [7, 11) is 5.36. The average Bonchev–Trinajstić information content (AvgIpc) is 3.53. The van der Waals surface area contributed by atoms with Crippen molar-refractivity contribution in [3.05, 3.63) is 42.2 Å². The molecule has 2 unspecified atom stereocenters. The lowest BCUT2D eigenvalue weighted by Crippen LogP contribution is -2.25. The van der Waals surface area contributed by atoms with Crippen LogP contribution in [0.5, 0.6) is 5.75 Å². The third-order valence-corrected chi connectivity index (χ3v) is 6.93. The Balaban J connectivity index is 1.35. The highest BCUT2D eigenvalue weighted by Gasteiger charge is 2.37. The van der Waals surface area contributed by atoms with Crippen molar-refractivity contribution in [3.8, 4) is 5.75 Å². The number of ether oxygens (including phenoxy) is 1. The van der Waals surface area contributed by atoms with Crippen molar-refractivity contribution in [1.29, 1.82) is 0 Å². The molecule has 170 valence electrons. The highest BCUT2D eigenvalue weighted by molar-refractivity contribution is 6.14. The van der Waals surface area contributed by atoms with Crippen LogP contribution in [0.2, 0.25) is 0 Å². The van der Waals surface area contributed by atoms with E-state index in [1.807, 2.05) is 44.7 Å². The molecule has 4 aromatic rings. The number of nitrogens with one attached hydrogen (secondary N) is 2. The van der Waals surface area contributed by atoms with E-state index < -0.39 is 0 Å². The second-order valence-electron chi connectivity index (χ2n) is 9.15. The molecule has 0 radical (unpaired) electrons. The van der Waals surface area contributed by atoms with Gasteiger partial charge in [-0.25, -0.2) is 0 Å². The number of aromatic nitrogens is 4. The van der Waals surface area contributed by atoms with Gasteiger partial charge >= 0.3 is 0 Å². The van der Waals surface area contributed by atoms with E-state index in [1.165, 1.54) is 0 Å². The lowest BCUT2D eigenvalue weighted by Gasteiger charge is -2.21. The van der Waals surface area contributed by atoms with Gasteiger partial charge in [-0.1, -0.05) is 0 Å². The van der Waals surface area contributed by atoms with E-state index in [2.05, 4.69) is 31.8 Å². The van der Waals surface area contributed by atoms with Crippen molar-refractivity contribution in [1.82, 2.24) is 24.9 Å². The summed E-state index contributed by atoms with van der Waals surface area (Å²) >= 11 is 0. The van der Waals surface area contributed by atoms with Gasteiger partial charge < -0.3 is 20.3 Å². The van der Waals surface area contributed by atoms with Gasteiger partial charge in [0.2, 0.25) is 0 Å². The molecule has 2 fully saturated rings.